The minimum absolute atomic E-state index is 0.0658. The first-order chi connectivity index (χ1) is 14.3. The zero-order valence-corrected chi connectivity index (χ0v) is 17.7. The van der Waals surface area contributed by atoms with Gasteiger partial charge in [0.05, 0.1) is 28.8 Å². The van der Waals surface area contributed by atoms with E-state index in [2.05, 4.69) is 10.9 Å². The summed E-state index contributed by atoms with van der Waals surface area (Å²) in [4.78, 5) is 17.5. The Kier molecular flexibility index (Phi) is 4.97. The molecule has 0 saturated heterocycles. The van der Waals surface area contributed by atoms with Crippen LogP contribution in [-0.4, -0.2) is 32.3 Å². The Labute approximate surface area is 176 Å². The fourth-order valence-corrected chi connectivity index (χ4v) is 4.85. The minimum Gasteiger partial charge on any atom is -0.493 e. The highest BCUT2D eigenvalue weighted by atomic mass is 32.2. The minimum atomic E-state index is -3.36. The number of furan rings is 1. The van der Waals surface area contributed by atoms with Crippen LogP contribution in [0.2, 0.25) is 0 Å². The van der Waals surface area contributed by atoms with Crippen LogP contribution in [0, 0.1) is 12.3 Å². The van der Waals surface area contributed by atoms with Gasteiger partial charge in [0.15, 0.2) is 31.7 Å². The van der Waals surface area contributed by atoms with Crippen molar-refractivity contribution in [2.24, 2.45) is 4.99 Å². The van der Waals surface area contributed by atoms with E-state index in [1.54, 1.807) is 34.9 Å². The van der Waals surface area contributed by atoms with Crippen LogP contribution >= 0.6 is 11.3 Å². The lowest BCUT2D eigenvalue weighted by Crippen LogP contribution is -2.16. The lowest BCUT2D eigenvalue weighted by atomic mass is 10.2. The molecule has 1 amide bonds. The number of rotatable bonds is 4. The van der Waals surface area contributed by atoms with Gasteiger partial charge >= 0.3 is 5.91 Å². The van der Waals surface area contributed by atoms with Gasteiger partial charge in [0, 0.05) is 11.6 Å². The number of nitrogens with zero attached hydrogens (tertiary/aromatic N) is 2. The fourth-order valence-electron chi connectivity index (χ4n) is 3.06. The van der Waals surface area contributed by atoms with Crippen molar-refractivity contribution in [3.05, 3.63) is 53.0 Å². The Hall–Kier alpha value is -3.35. The molecule has 7 nitrogen and oxygen atoms in total. The first kappa shape index (κ1) is 19.9. The molecule has 9 heteroatoms. The van der Waals surface area contributed by atoms with Gasteiger partial charge in [-0.3, -0.25) is 4.79 Å². The molecule has 2 aromatic carbocycles. The molecule has 0 bridgehead atoms. The van der Waals surface area contributed by atoms with E-state index < -0.39 is 15.7 Å². The van der Waals surface area contributed by atoms with Crippen molar-refractivity contribution in [2.45, 2.75) is 11.4 Å². The molecule has 30 heavy (non-hydrogen) atoms. The Morgan fingerprint density at radius 1 is 1.30 bits per heavy atom. The van der Waals surface area contributed by atoms with Crippen molar-refractivity contribution in [3.63, 3.8) is 0 Å². The summed E-state index contributed by atoms with van der Waals surface area (Å²) < 4.78 is 37.0. The number of methoxy groups -OCH3 is 1. The summed E-state index contributed by atoms with van der Waals surface area (Å²) in [7, 11) is -1.84. The van der Waals surface area contributed by atoms with Gasteiger partial charge in [-0.15, -0.1) is 6.42 Å². The molecule has 0 unspecified atom stereocenters. The zero-order chi connectivity index (χ0) is 21.5. The number of hydrogen-bond acceptors (Lipinski definition) is 6. The second-order valence-electron chi connectivity index (χ2n) is 6.48. The molecule has 2 aromatic heterocycles. The fraction of sp³-hybridized carbons (Fsp3) is 0.143. The number of thiazole rings is 1. The summed E-state index contributed by atoms with van der Waals surface area (Å²) in [6, 6.07) is 11.7. The molecule has 0 saturated carbocycles. The average molecular weight is 441 g/mol. The Morgan fingerprint density at radius 2 is 2.10 bits per heavy atom. The maximum Gasteiger partial charge on any atom is 0.315 e. The van der Waals surface area contributed by atoms with E-state index in [1.165, 1.54) is 24.5 Å². The number of para-hydroxylation sites is 1. The van der Waals surface area contributed by atoms with Crippen LogP contribution in [-0.2, 0) is 16.4 Å². The Bertz CT molecular complexity index is 1510. The molecular weight excluding hydrogens is 424 g/mol. The molecule has 2 heterocycles. The van der Waals surface area contributed by atoms with Crippen LogP contribution in [0.5, 0.6) is 5.75 Å². The number of sulfone groups is 1. The second-order valence-corrected chi connectivity index (χ2v) is 9.51. The monoisotopic (exact) mass is 440 g/mol. The van der Waals surface area contributed by atoms with E-state index in [9.17, 15) is 13.2 Å². The molecule has 0 spiro atoms. The molecule has 152 valence electrons. The summed E-state index contributed by atoms with van der Waals surface area (Å²) in [5.41, 5.74) is 1.16. The predicted molar refractivity (Wildman–Crippen MR) is 114 cm³/mol. The van der Waals surface area contributed by atoms with E-state index in [1.807, 2.05) is 6.07 Å². The van der Waals surface area contributed by atoms with Gasteiger partial charge in [0.1, 0.15) is 0 Å². The smallest absolute Gasteiger partial charge is 0.315 e. The van der Waals surface area contributed by atoms with E-state index in [-0.39, 0.29) is 17.2 Å². The van der Waals surface area contributed by atoms with Crippen LogP contribution in [0.4, 0.5) is 0 Å². The van der Waals surface area contributed by atoms with Crippen molar-refractivity contribution in [2.75, 3.05) is 13.4 Å². The highest BCUT2D eigenvalue weighted by Gasteiger charge is 2.16. The summed E-state index contributed by atoms with van der Waals surface area (Å²) in [6.45, 7) is 0.179. The maximum atomic E-state index is 12.8. The third kappa shape index (κ3) is 3.51. The highest BCUT2D eigenvalue weighted by Crippen LogP contribution is 2.29. The molecule has 0 aliphatic heterocycles. The van der Waals surface area contributed by atoms with Gasteiger partial charge in [0.25, 0.3) is 0 Å². The Balaban J connectivity index is 1.86. The molecule has 0 atom stereocenters. The standard InChI is InChI=1S/C21H16N2O5S2/c1-4-10-23-15-9-8-14(30(3,25)26)12-18(15)29-21(23)22-20(24)17-11-13-6-5-7-16(27-2)19(13)28-17/h1,5-9,11-12H,10H2,2-3H3. The number of fused-ring (bicyclic) bond motifs is 2. The number of benzene rings is 2. The van der Waals surface area contributed by atoms with Crippen LogP contribution in [0.1, 0.15) is 10.6 Å². The number of hydrogen-bond donors (Lipinski definition) is 0. The lowest BCUT2D eigenvalue weighted by Gasteiger charge is -2.01. The number of aromatic nitrogens is 1. The zero-order valence-electron chi connectivity index (χ0n) is 16.1. The Morgan fingerprint density at radius 3 is 2.80 bits per heavy atom. The third-order valence-corrected chi connectivity index (χ3v) is 6.62. The summed E-state index contributed by atoms with van der Waals surface area (Å²) in [5.74, 6) is 2.55. The van der Waals surface area contributed by atoms with Crippen molar-refractivity contribution in [3.8, 4) is 18.1 Å². The molecule has 0 aliphatic carbocycles. The lowest BCUT2D eigenvalue weighted by molar-refractivity contribution is 0.0973. The average Bonchev–Trinajstić information content (AvgIpc) is 3.29. The molecular formula is C21H16N2O5S2. The maximum absolute atomic E-state index is 12.8. The number of carbonyl (C=O) groups is 1. The molecule has 0 fully saturated rings. The van der Waals surface area contributed by atoms with Crippen molar-refractivity contribution in [1.82, 2.24) is 4.57 Å². The van der Waals surface area contributed by atoms with Gasteiger partial charge in [-0.25, -0.2) is 8.42 Å². The summed E-state index contributed by atoms with van der Waals surface area (Å²) >= 11 is 1.18. The normalized spacial score (nSPS) is 12.4. The number of terminal acetylenes is 1. The van der Waals surface area contributed by atoms with Gasteiger partial charge < -0.3 is 13.7 Å². The SMILES string of the molecule is C#CCn1c(=NC(=O)c2cc3cccc(OC)c3o2)sc2cc(S(C)(=O)=O)ccc21. The third-order valence-electron chi connectivity index (χ3n) is 4.47. The molecule has 0 aliphatic rings. The van der Waals surface area contributed by atoms with Crippen molar-refractivity contribution < 1.29 is 22.4 Å². The van der Waals surface area contributed by atoms with E-state index >= 15 is 0 Å². The van der Waals surface area contributed by atoms with Gasteiger partial charge in [-0.2, -0.15) is 4.99 Å². The van der Waals surface area contributed by atoms with Crippen LogP contribution < -0.4 is 9.54 Å². The van der Waals surface area contributed by atoms with E-state index in [0.29, 0.717) is 26.4 Å². The molecule has 0 radical (unpaired) electrons. The number of amides is 1. The summed E-state index contributed by atoms with van der Waals surface area (Å²) in [6.07, 6.45) is 6.62. The topological polar surface area (TPSA) is 90.9 Å². The number of ether oxygens (including phenoxy) is 1. The second kappa shape index (κ2) is 7.48. The quantitative estimate of drug-likeness (QED) is 0.455. The van der Waals surface area contributed by atoms with Crippen LogP contribution in [0.3, 0.4) is 0 Å². The molecule has 4 aromatic rings. The summed E-state index contributed by atoms with van der Waals surface area (Å²) in [5, 5.41) is 0.721. The number of carbonyl (C=O) groups excluding carboxylic acids is 1. The first-order valence-corrected chi connectivity index (χ1v) is 11.4. The predicted octanol–water partition coefficient (Wildman–Crippen LogP) is 3.24. The van der Waals surface area contributed by atoms with E-state index in [0.717, 1.165) is 11.6 Å². The van der Waals surface area contributed by atoms with Crippen molar-refractivity contribution in [1.29, 1.82) is 0 Å². The van der Waals surface area contributed by atoms with Crippen molar-refractivity contribution >= 4 is 48.3 Å². The van der Waals surface area contributed by atoms with Gasteiger partial charge in [-0.1, -0.05) is 29.4 Å². The largest absolute Gasteiger partial charge is 0.493 e. The molecule has 4 rings (SSSR count). The highest BCUT2D eigenvalue weighted by molar-refractivity contribution is 7.90. The first-order valence-electron chi connectivity index (χ1n) is 8.74. The van der Waals surface area contributed by atoms with E-state index in [4.69, 9.17) is 15.6 Å². The van der Waals surface area contributed by atoms with Gasteiger partial charge in [0.2, 0.25) is 0 Å². The molecule has 0 N–H and O–H groups in total. The van der Waals surface area contributed by atoms with Gasteiger partial charge in [-0.05, 0) is 30.3 Å². The van der Waals surface area contributed by atoms with Crippen LogP contribution in [0.15, 0.2) is 56.8 Å². The van der Waals surface area contributed by atoms with Crippen LogP contribution in [0.25, 0.3) is 21.2 Å².